The van der Waals surface area contributed by atoms with Crippen LogP contribution in [0.5, 0.6) is 0 Å². The third-order valence-corrected chi connectivity index (χ3v) is 11.0. The van der Waals surface area contributed by atoms with E-state index in [2.05, 4.69) is 21.6 Å². The van der Waals surface area contributed by atoms with Gasteiger partial charge in [-0.1, -0.05) is 18.9 Å². The molecule has 0 bridgehead atoms. The van der Waals surface area contributed by atoms with Crippen LogP contribution in [0.2, 0.25) is 0 Å². The van der Waals surface area contributed by atoms with Crippen molar-refractivity contribution in [2.75, 3.05) is 44.6 Å². The van der Waals surface area contributed by atoms with Gasteiger partial charge in [-0.3, -0.25) is 9.59 Å². The van der Waals surface area contributed by atoms with Crippen molar-refractivity contribution in [3.05, 3.63) is 29.8 Å². The average Bonchev–Trinajstić information content (AvgIpc) is 3.50. The highest BCUT2D eigenvalue weighted by atomic mass is 32.2. The van der Waals surface area contributed by atoms with E-state index in [1.165, 1.54) is 25.9 Å². The van der Waals surface area contributed by atoms with Crippen molar-refractivity contribution in [3.8, 4) is 6.07 Å². The van der Waals surface area contributed by atoms with Gasteiger partial charge in [0.15, 0.2) is 5.92 Å². The summed E-state index contributed by atoms with van der Waals surface area (Å²) >= 11 is 1.58. The molecule has 6 rings (SSSR count). The van der Waals surface area contributed by atoms with Crippen molar-refractivity contribution in [2.45, 2.75) is 80.0 Å². The molecule has 5 aliphatic rings. The van der Waals surface area contributed by atoms with Gasteiger partial charge in [0.25, 0.3) is 5.91 Å². The summed E-state index contributed by atoms with van der Waals surface area (Å²) in [5.74, 6) is -0.0707. The van der Waals surface area contributed by atoms with Crippen LogP contribution >= 0.6 is 11.8 Å². The summed E-state index contributed by atoms with van der Waals surface area (Å²) in [5, 5.41) is 16.4. The first-order chi connectivity index (χ1) is 19.5. The van der Waals surface area contributed by atoms with Crippen LogP contribution in [0.4, 0.5) is 5.69 Å². The molecule has 0 aromatic heterocycles. The first-order valence-electron chi connectivity index (χ1n) is 15.0. The SMILES string of the molecule is CCN1C(=O)C2(C[C@@H]2Nc2cccc(C(=O)NCCCN3CCCC3)c2)SC1C(C#N)C1=NC2(CCCC2)CO1. The highest BCUT2D eigenvalue weighted by Gasteiger charge is 2.69. The normalized spacial score (nSPS) is 29.4. The minimum absolute atomic E-state index is 0.0604. The molecule has 3 aliphatic heterocycles. The Morgan fingerprint density at radius 3 is 2.83 bits per heavy atom. The maximum absolute atomic E-state index is 13.6. The lowest BCUT2D eigenvalue weighted by Crippen LogP contribution is -2.41. The molecule has 2 amide bonds. The number of rotatable bonds is 10. The Morgan fingerprint density at radius 1 is 1.27 bits per heavy atom. The zero-order valence-corrected chi connectivity index (χ0v) is 24.2. The number of ether oxygens (including phenoxy) is 1. The third kappa shape index (κ3) is 5.18. The minimum Gasteiger partial charge on any atom is -0.477 e. The molecular weight excluding hydrogens is 524 g/mol. The first kappa shape index (κ1) is 27.4. The van der Waals surface area contributed by atoms with Crippen LogP contribution in [0.1, 0.15) is 68.6 Å². The second-order valence-corrected chi connectivity index (χ2v) is 13.4. The van der Waals surface area contributed by atoms with Gasteiger partial charge in [0.1, 0.15) is 16.7 Å². The van der Waals surface area contributed by atoms with Crippen molar-refractivity contribution in [3.63, 3.8) is 0 Å². The Kier molecular flexibility index (Phi) is 7.71. The van der Waals surface area contributed by atoms with Gasteiger partial charge < -0.3 is 25.2 Å². The highest BCUT2D eigenvalue weighted by molar-refractivity contribution is 8.02. The number of benzene rings is 1. The number of hydrogen-bond acceptors (Lipinski definition) is 8. The smallest absolute Gasteiger partial charge is 0.251 e. The minimum atomic E-state index is -0.603. The quantitative estimate of drug-likeness (QED) is 0.418. The topological polar surface area (TPSA) is 110 Å². The number of aliphatic imine (C=N–C) groups is 1. The lowest BCUT2D eigenvalue weighted by atomic mass is 10.0. The van der Waals surface area contributed by atoms with Crippen LogP contribution < -0.4 is 10.6 Å². The van der Waals surface area contributed by atoms with Crippen molar-refractivity contribution < 1.29 is 14.3 Å². The number of carbonyl (C=O) groups excluding carboxylic acids is 2. The van der Waals surface area contributed by atoms with Gasteiger partial charge in [0.05, 0.1) is 17.6 Å². The van der Waals surface area contributed by atoms with Crippen LogP contribution in [-0.4, -0.2) is 88.5 Å². The zero-order chi connectivity index (χ0) is 27.7. The number of carbonyl (C=O) groups is 2. The number of likely N-dealkylation sites (tertiary alicyclic amines) is 1. The molecule has 4 atom stereocenters. The van der Waals surface area contributed by atoms with Gasteiger partial charge in [-0.15, -0.1) is 11.8 Å². The number of thioether (sulfide) groups is 1. The molecule has 2 aliphatic carbocycles. The number of hydrogen-bond donors (Lipinski definition) is 2. The number of nitriles is 1. The molecular formula is C30H40N6O3S. The second kappa shape index (κ2) is 11.2. The van der Waals surface area contributed by atoms with Crippen LogP contribution in [0.15, 0.2) is 29.3 Å². The molecule has 2 spiro atoms. The Balaban J connectivity index is 1.07. The largest absolute Gasteiger partial charge is 0.477 e. The molecule has 3 unspecified atom stereocenters. The Morgan fingerprint density at radius 2 is 2.08 bits per heavy atom. The summed E-state index contributed by atoms with van der Waals surface area (Å²) in [5.41, 5.74) is 1.28. The van der Waals surface area contributed by atoms with Gasteiger partial charge in [0.2, 0.25) is 11.8 Å². The van der Waals surface area contributed by atoms with E-state index in [9.17, 15) is 14.9 Å². The maximum atomic E-state index is 13.6. The summed E-state index contributed by atoms with van der Waals surface area (Å²) in [6.45, 7) is 7.08. The predicted molar refractivity (Wildman–Crippen MR) is 156 cm³/mol. The Bertz CT molecular complexity index is 1200. The van der Waals surface area contributed by atoms with Crippen molar-refractivity contribution in [1.29, 1.82) is 5.26 Å². The summed E-state index contributed by atoms with van der Waals surface area (Å²) in [7, 11) is 0. The molecule has 10 heteroatoms. The molecule has 2 saturated heterocycles. The summed E-state index contributed by atoms with van der Waals surface area (Å²) in [4.78, 5) is 35.6. The lowest BCUT2D eigenvalue weighted by Gasteiger charge is -2.25. The van der Waals surface area contributed by atoms with Crippen molar-refractivity contribution in [1.82, 2.24) is 15.1 Å². The number of amides is 2. The van der Waals surface area contributed by atoms with Gasteiger partial charge in [-0.25, -0.2) is 4.99 Å². The number of anilines is 1. The van der Waals surface area contributed by atoms with Gasteiger partial charge in [-0.05, 0) is 83.3 Å². The molecule has 2 N–H and O–H groups in total. The fourth-order valence-electron chi connectivity index (χ4n) is 6.80. The third-order valence-electron chi connectivity index (χ3n) is 9.17. The predicted octanol–water partition coefficient (Wildman–Crippen LogP) is 3.63. The summed E-state index contributed by atoms with van der Waals surface area (Å²) in [6.07, 6.45) is 8.50. The molecule has 40 heavy (non-hydrogen) atoms. The number of nitrogens with one attached hydrogen (secondary N) is 2. The molecule has 2 saturated carbocycles. The monoisotopic (exact) mass is 564 g/mol. The van der Waals surface area contributed by atoms with E-state index in [0.29, 0.717) is 37.6 Å². The van der Waals surface area contributed by atoms with Crippen LogP contribution in [0, 0.1) is 17.2 Å². The van der Waals surface area contributed by atoms with E-state index in [-0.39, 0.29) is 28.8 Å². The molecule has 4 fully saturated rings. The van der Waals surface area contributed by atoms with Gasteiger partial charge in [0, 0.05) is 24.3 Å². The summed E-state index contributed by atoms with van der Waals surface area (Å²) in [6, 6.07) is 9.87. The fraction of sp³-hybridized carbons (Fsp3) is 0.667. The molecule has 1 aromatic rings. The molecule has 214 valence electrons. The Hall–Kier alpha value is -2.77. The van der Waals surface area contributed by atoms with Crippen LogP contribution in [0.25, 0.3) is 0 Å². The van der Waals surface area contributed by atoms with Gasteiger partial charge in [-0.2, -0.15) is 5.26 Å². The summed E-state index contributed by atoms with van der Waals surface area (Å²) < 4.78 is 5.41. The van der Waals surface area contributed by atoms with E-state index < -0.39 is 10.7 Å². The van der Waals surface area contributed by atoms with E-state index in [1.54, 1.807) is 11.8 Å². The second-order valence-electron chi connectivity index (χ2n) is 11.9. The molecule has 0 radical (unpaired) electrons. The first-order valence-corrected chi connectivity index (χ1v) is 15.8. The lowest BCUT2D eigenvalue weighted by molar-refractivity contribution is -0.130. The molecule has 9 nitrogen and oxygen atoms in total. The van der Waals surface area contributed by atoms with E-state index in [0.717, 1.165) is 44.3 Å². The standard InChI is InChI=1S/C30H40N6O3S/c1-2-36-27(23(19-31)26-34-29(20-39-26)11-3-4-12-29)40-30(28(36)38)18-24(30)33-22-10-7-9-21(17-22)25(37)32-13-8-16-35-14-5-6-15-35/h7,9-10,17,23-24,27,33H,2-6,8,11-16,18,20H2,1H3,(H,32,37)/t23?,24-,27?,30?/m0/s1. The molecule has 1 aromatic carbocycles. The fourth-order valence-corrected chi connectivity index (χ4v) is 8.62. The van der Waals surface area contributed by atoms with Crippen LogP contribution in [0.3, 0.4) is 0 Å². The highest BCUT2D eigenvalue weighted by Crippen LogP contribution is 2.59. The number of nitrogens with zero attached hydrogens (tertiary/aromatic N) is 4. The zero-order valence-electron chi connectivity index (χ0n) is 23.4. The van der Waals surface area contributed by atoms with E-state index in [1.807, 2.05) is 36.1 Å². The van der Waals surface area contributed by atoms with E-state index >= 15 is 0 Å². The van der Waals surface area contributed by atoms with Gasteiger partial charge >= 0.3 is 0 Å². The van der Waals surface area contributed by atoms with E-state index in [4.69, 9.17) is 9.73 Å². The van der Waals surface area contributed by atoms with Crippen molar-refractivity contribution >= 4 is 35.2 Å². The molecule has 3 heterocycles. The Labute approximate surface area is 241 Å². The maximum Gasteiger partial charge on any atom is 0.251 e. The average molecular weight is 565 g/mol. The van der Waals surface area contributed by atoms with Crippen LogP contribution in [-0.2, 0) is 9.53 Å². The van der Waals surface area contributed by atoms with Crippen molar-refractivity contribution in [2.24, 2.45) is 10.9 Å².